The minimum absolute atomic E-state index is 0. The number of hydrogen-bond donors (Lipinski definition) is 3. The molecular weight excluding hydrogens is 772 g/mol. The third kappa shape index (κ3) is 9.48. The first-order valence-electron chi connectivity index (χ1n) is 18.2. The van der Waals surface area contributed by atoms with Crippen LogP contribution in [-0.2, 0) is 30.2 Å². The lowest BCUT2D eigenvalue weighted by atomic mass is 9.99. The van der Waals surface area contributed by atoms with Gasteiger partial charge in [0.05, 0.1) is 58.2 Å². The number of anilines is 2. The zero-order valence-corrected chi connectivity index (χ0v) is 34.1. The number of hydrogen-bond acceptors (Lipinski definition) is 11. The molecule has 3 aromatic heterocycles. The fourth-order valence-corrected chi connectivity index (χ4v) is 7.94. The van der Waals surface area contributed by atoms with E-state index in [4.69, 9.17) is 30.8 Å². The van der Waals surface area contributed by atoms with E-state index in [0.717, 1.165) is 61.4 Å². The van der Waals surface area contributed by atoms with Gasteiger partial charge in [0.15, 0.2) is 5.82 Å². The van der Waals surface area contributed by atoms with Gasteiger partial charge in [-0.2, -0.15) is 13.5 Å². The van der Waals surface area contributed by atoms with Gasteiger partial charge in [0.1, 0.15) is 22.7 Å². The van der Waals surface area contributed by atoms with Crippen molar-refractivity contribution >= 4 is 65.5 Å². The molecule has 294 valence electrons. The lowest BCUT2D eigenvalue weighted by molar-refractivity contribution is -0.121. The number of benzene rings is 2. The van der Waals surface area contributed by atoms with Crippen LogP contribution in [0.25, 0.3) is 16.1 Å². The van der Waals surface area contributed by atoms with Crippen LogP contribution in [0.3, 0.4) is 0 Å². The van der Waals surface area contributed by atoms with Gasteiger partial charge in [-0.25, -0.2) is 4.98 Å². The summed E-state index contributed by atoms with van der Waals surface area (Å²) >= 11 is 7.89. The fraction of sp³-hybridized carbons (Fsp3) is 0.350. The highest BCUT2D eigenvalue weighted by molar-refractivity contribution is 7.59. The average Bonchev–Trinajstić information content (AvgIpc) is 3.81. The highest BCUT2D eigenvalue weighted by atomic mass is 35.5. The summed E-state index contributed by atoms with van der Waals surface area (Å²) in [5, 5.41) is 19.7. The second-order valence-electron chi connectivity index (χ2n) is 13.2. The maximum Gasteiger partial charge on any atom is 0.228 e. The highest BCUT2D eigenvalue weighted by Crippen LogP contribution is 2.39. The zero-order chi connectivity index (χ0) is 38.3. The Bertz CT molecular complexity index is 2210. The average molecular weight is 817 g/mol. The third-order valence-electron chi connectivity index (χ3n) is 9.44. The topological polar surface area (TPSA) is 154 Å². The number of amides is 2. The van der Waals surface area contributed by atoms with Crippen molar-refractivity contribution < 1.29 is 23.8 Å². The van der Waals surface area contributed by atoms with Crippen LogP contribution in [0.2, 0.25) is 5.02 Å². The molecule has 16 heteroatoms. The molecule has 5 aromatic rings. The Balaban J connectivity index is 0.00000532. The minimum Gasteiger partial charge on any atom is -0.377 e. The van der Waals surface area contributed by atoms with E-state index in [0.29, 0.717) is 70.0 Å². The van der Waals surface area contributed by atoms with Crippen molar-refractivity contribution in [1.29, 1.82) is 0 Å². The van der Waals surface area contributed by atoms with E-state index >= 15 is 0 Å². The molecule has 0 saturated heterocycles. The van der Waals surface area contributed by atoms with Gasteiger partial charge in [-0.15, -0.1) is 21.5 Å². The standard InChI is InChI=1S/C40H43ClN8O5S.H2S/c1-24-25(2)55-40-36(24)37(27-6-9-30(41)10-7-27)46-33(39-48-47-26(3)49(39)40)23-34(50)42-13-15-52-17-19-54-20-18-53-16-14-44-38-31(5-4-12-43-38)28-8-11-32-29(21-28)22-35(51)45-32;/h4-12,21,33H,13-20,22-23H2,1-3H3,(H,42,50)(H,43,44)(H,45,51);1H2/t33-;/m0./s1. The molecule has 3 N–H and O–H groups in total. The molecule has 7 rings (SSSR count). The Hall–Kier alpha value is -4.64. The first-order valence-corrected chi connectivity index (χ1v) is 19.4. The number of ether oxygens (including phenoxy) is 3. The van der Waals surface area contributed by atoms with Crippen molar-refractivity contribution in [2.75, 3.05) is 63.4 Å². The van der Waals surface area contributed by atoms with E-state index in [-0.39, 0.29) is 31.7 Å². The molecule has 2 amide bonds. The van der Waals surface area contributed by atoms with E-state index in [2.05, 4.69) is 45.0 Å². The van der Waals surface area contributed by atoms with Gasteiger partial charge in [-0.3, -0.25) is 19.1 Å². The first-order chi connectivity index (χ1) is 26.8. The number of nitrogens with zero attached hydrogens (tertiary/aromatic N) is 5. The predicted octanol–water partition coefficient (Wildman–Crippen LogP) is 6.14. The molecule has 56 heavy (non-hydrogen) atoms. The largest absolute Gasteiger partial charge is 0.377 e. The Morgan fingerprint density at radius 2 is 1.66 bits per heavy atom. The van der Waals surface area contributed by atoms with E-state index in [1.807, 2.05) is 66.1 Å². The molecular formula is C40H45ClN8O5S2. The van der Waals surface area contributed by atoms with Gasteiger partial charge in [0.2, 0.25) is 11.8 Å². The number of pyridine rings is 1. The molecule has 13 nitrogen and oxygen atoms in total. The summed E-state index contributed by atoms with van der Waals surface area (Å²) < 4.78 is 19.1. The Labute approximate surface area is 341 Å². The number of carbonyl (C=O) groups is 2. The summed E-state index contributed by atoms with van der Waals surface area (Å²) in [5.41, 5.74) is 7.72. The molecule has 2 aliphatic heterocycles. The number of aromatic nitrogens is 4. The molecule has 2 aliphatic rings. The molecule has 0 aliphatic carbocycles. The molecule has 0 unspecified atom stereocenters. The first kappa shape index (κ1) is 41.0. The number of aryl methyl sites for hydroxylation is 2. The summed E-state index contributed by atoms with van der Waals surface area (Å²) in [6.45, 7) is 9.58. The number of thiophene rings is 1. The van der Waals surface area contributed by atoms with Gasteiger partial charge < -0.3 is 30.2 Å². The number of nitrogens with one attached hydrogen (secondary N) is 3. The Kier molecular flexibility index (Phi) is 13.9. The van der Waals surface area contributed by atoms with Gasteiger partial charge in [0, 0.05) is 51.6 Å². The van der Waals surface area contributed by atoms with E-state index < -0.39 is 6.04 Å². The third-order valence-corrected chi connectivity index (χ3v) is 10.9. The van der Waals surface area contributed by atoms with Crippen molar-refractivity contribution in [3.8, 4) is 16.1 Å². The summed E-state index contributed by atoms with van der Waals surface area (Å²) in [7, 11) is 0. The van der Waals surface area contributed by atoms with Gasteiger partial charge in [-0.1, -0.05) is 29.8 Å². The maximum absolute atomic E-state index is 13.2. The second-order valence-corrected chi connectivity index (χ2v) is 14.9. The highest BCUT2D eigenvalue weighted by Gasteiger charge is 2.32. The number of rotatable bonds is 17. The normalized spacial score (nSPS) is 14.2. The Morgan fingerprint density at radius 3 is 2.43 bits per heavy atom. The summed E-state index contributed by atoms with van der Waals surface area (Å²) in [6.07, 6.45) is 2.25. The minimum atomic E-state index is -0.534. The van der Waals surface area contributed by atoms with Crippen LogP contribution in [0.1, 0.15) is 51.2 Å². The lowest BCUT2D eigenvalue weighted by Gasteiger charge is -2.13. The molecule has 0 saturated carbocycles. The van der Waals surface area contributed by atoms with E-state index in [1.54, 1.807) is 17.5 Å². The SMILES string of the molecule is Cc1sc2c(c1C)C(c1ccc(Cl)cc1)=N[C@@H](CC(=O)NCCOCCOCCOCCNc1ncccc1-c1ccc3c(c1)CC(=O)N3)c1nnc(C)n1-2.S. The smallest absolute Gasteiger partial charge is 0.228 e. The Morgan fingerprint density at radius 1 is 0.946 bits per heavy atom. The molecule has 2 aromatic carbocycles. The number of aliphatic imine (C=N–C) groups is 1. The van der Waals surface area contributed by atoms with Crippen LogP contribution < -0.4 is 16.0 Å². The number of fused-ring (bicyclic) bond motifs is 4. The van der Waals surface area contributed by atoms with E-state index in [9.17, 15) is 9.59 Å². The second kappa shape index (κ2) is 19.0. The van der Waals surface area contributed by atoms with Crippen molar-refractivity contribution in [3.63, 3.8) is 0 Å². The van der Waals surface area contributed by atoms with Crippen molar-refractivity contribution in [1.82, 2.24) is 25.1 Å². The zero-order valence-electron chi connectivity index (χ0n) is 31.5. The summed E-state index contributed by atoms with van der Waals surface area (Å²) in [5.74, 6) is 2.00. The monoisotopic (exact) mass is 816 g/mol. The number of halogens is 1. The lowest BCUT2D eigenvalue weighted by Crippen LogP contribution is -2.29. The van der Waals surface area contributed by atoms with Crippen LogP contribution >= 0.6 is 36.4 Å². The maximum atomic E-state index is 13.2. The fourth-order valence-electron chi connectivity index (χ4n) is 6.60. The van der Waals surface area contributed by atoms with Gasteiger partial charge >= 0.3 is 0 Å². The van der Waals surface area contributed by atoms with E-state index in [1.165, 1.54) is 4.88 Å². The summed E-state index contributed by atoms with van der Waals surface area (Å²) in [4.78, 5) is 35.8. The summed E-state index contributed by atoms with van der Waals surface area (Å²) in [6, 6.07) is 17.0. The van der Waals surface area contributed by atoms with Gasteiger partial charge in [0.25, 0.3) is 0 Å². The number of carbonyl (C=O) groups excluding carboxylic acids is 2. The van der Waals surface area contributed by atoms with Crippen LogP contribution in [0.5, 0.6) is 0 Å². The van der Waals surface area contributed by atoms with Gasteiger partial charge in [-0.05, 0) is 73.9 Å². The molecule has 0 bridgehead atoms. The molecule has 1 atom stereocenters. The van der Waals surface area contributed by atoms with Crippen LogP contribution in [0.15, 0.2) is 65.8 Å². The van der Waals surface area contributed by atoms with Crippen LogP contribution in [0, 0.1) is 20.8 Å². The molecule has 5 heterocycles. The van der Waals surface area contributed by atoms with Crippen molar-refractivity contribution in [2.24, 2.45) is 4.99 Å². The molecule has 0 radical (unpaired) electrons. The van der Waals surface area contributed by atoms with Crippen LogP contribution in [0.4, 0.5) is 11.5 Å². The van der Waals surface area contributed by atoms with Crippen molar-refractivity contribution in [2.45, 2.75) is 39.7 Å². The molecule has 0 spiro atoms. The van der Waals surface area contributed by atoms with Crippen LogP contribution in [-0.4, -0.2) is 90.0 Å². The quantitative estimate of drug-likeness (QED) is 0.0941. The predicted molar refractivity (Wildman–Crippen MR) is 224 cm³/mol. The van der Waals surface area contributed by atoms with Crippen molar-refractivity contribution in [3.05, 3.63) is 105 Å². The molecule has 0 fully saturated rings.